The molecule has 0 aliphatic carbocycles. The van der Waals surface area contributed by atoms with Gasteiger partial charge in [-0.15, -0.1) is 0 Å². The molecule has 11 atom stereocenters. The maximum absolute atomic E-state index is 13.1. The molecule has 444 valence electrons. The van der Waals surface area contributed by atoms with E-state index in [4.69, 9.17) is 33.2 Å². The lowest BCUT2D eigenvalue weighted by molar-refractivity contribution is -0.361. The second kappa shape index (κ2) is 47.3. The SMILES string of the molecule is CCCCCCCCCCCCCCCOC[C@H](CO[C@H]1O[C@H](CO)[C@@H](O)[C@@H](O[C@H]2O[C@H](COC(=O)CCCCCCCCCCCCCC)[C@@H](O)[C@H](O)[C@H]2O)[C@H]1O)OC(=O)CCCCCCCCCCCCCC. The Labute approximate surface area is 455 Å². The maximum Gasteiger partial charge on any atom is 0.306 e. The Kier molecular flexibility index (Phi) is 43.9. The number of rotatable bonds is 51. The highest BCUT2D eigenvalue weighted by Crippen LogP contribution is 2.30. The van der Waals surface area contributed by atoms with Crippen LogP contribution in [-0.4, -0.2) is 143 Å². The van der Waals surface area contributed by atoms with Crippen LogP contribution in [0.1, 0.15) is 271 Å². The summed E-state index contributed by atoms with van der Waals surface area (Å²) in [7, 11) is 0. The molecule has 6 N–H and O–H groups in total. The zero-order chi connectivity index (χ0) is 54.6. The first-order chi connectivity index (χ1) is 36.6. The Morgan fingerprint density at radius 2 is 0.827 bits per heavy atom. The number of esters is 2. The Morgan fingerprint density at radius 1 is 0.427 bits per heavy atom. The largest absolute Gasteiger partial charge is 0.463 e. The number of hydrogen-bond donors (Lipinski definition) is 6. The molecule has 2 rings (SSSR count). The molecular formula is C60H114O15. The monoisotopic (exact) mass is 1070 g/mol. The van der Waals surface area contributed by atoms with Crippen molar-refractivity contribution in [1.29, 1.82) is 0 Å². The fourth-order valence-electron chi connectivity index (χ4n) is 10.1. The summed E-state index contributed by atoms with van der Waals surface area (Å²) < 4.78 is 40.8. The fourth-order valence-corrected chi connectivity index (χ4v) is 10.1. The number of ether oxygens (including phenoxy) is 7. The first-order valence-corrected chi connectivity index (χ1v) is 31.1. The van der Waals surface area contributed by atoms with Gasteiger partial charge in [-0.05, 0) is 19.3 Å². The van der Waals surface area contributed by atoms with Crippen LogP contribution in [0.25, 0.3) is 0 Å². The van der Waals surface area contributed by atoms with E-state index in [1.165, 1.54) is 167 Å². The number of carbonyl (C=O) groups is 2. The number of aliphatic hydroxyl groups excluding tert-OH is 6. The standard InChI is InChI=1S/C60H114O15/c1-4-7-10-13-16-19-22-25-28-31-34-37-40-43-69-45-48(72-52(63)42-39-36-33-30-27-24-21-18-15-12-9-6-3)46-71-59-57(68)58(54(65)49(44-61)73-59)75-60-56(67)55(66)53(64)50(74-60)47-70-51(62)41-38-35-32-29-26-23-20-17-14-11-8-5-2/h48-50,53-61,64-68H,4-47H2,1-3H3/t48-,49-,50-,53-,54-,55+,56-,57-,58-,59+,60-/m1/s1. The lowest BCUT2D eigenvalue weighted by Crippen LogP contribution is -2.65. The lowest BCUT2D eigenvalue weighted by Gasteiger charge is -2.46. The molecule has 0 bridgehead atoms. The highest BCUT2D eigenvalue weighted by atomic mass is 16.7. The van der Waals surface area contributed by atoms with E-state index in [2.05, 4.69) is 20.8 Å². The van der Waals surface area contributed by atoms with Crippen LogP contribution in [0.5, 0.6) is 0 Å². The van der Waals surface area contributed by atoms with Gasteiger partial charge < -0.3 is 63.8 Å². The summed E-state index contributed by atoms with van der Waals surface area (Å²) in [6.07, 6.45) is 27.6. The third-order valence-corrected chi connectivity index (χ3v) is 15.1. The minimum absolute atomic E-state index is 0.0465. The quantitative estimate of drug-likeness (QED) is 0.0246. The van der Waals surface area contributed by atoms with Crippen LogP contribution in [0.15, 0.2) is 0 Å². The highest BCUT2D eigenvalue weighted by Gasteiger charge is 2.51. The molecule has 2 fully saturated rings. The lowest BCUT2D eigenvalue weighted by atomic mass is 9.97. The second-order valence-electron chi connectivity index (χ2n) is 22.0. The van der Waals surface area contributed by atoms with Crippen LogP contribution in [0.2, 0.25) is 0 Å². The molecule has 2 aliphatic heterocycles. The summed E-state index contributed by atoms with van der Waals surface area (Å²) in [5.74, 6) is -0.876. The van der Waals surface area contributed by atoms with Crippen molar-refractivity contribution in [2.45, 2.75) is 339 Å². The van der Waals surface area contributed by atoms with Crippen molar-refractivity contribution in [3.8, 4) is 0 Å². The molecule has 15 heteroatoms. The van der Waals surface area contributed by atoms with Crippen LogP contribution in [-0.2, 0) is 42.7 Å². The van der Waals surface area contributed by atoms with Gasteiger partial charge in [0, 0.05) is 19.4 Å². The number of hydrogen-bond acceptors (Lipinski definition) is 15. The zero-order valence-electron chi connectivity index (χ0n) is 47.8. The molecular weight excluding hydrogens is 961 g/mol. The number of aliphatic hydroxyl groups is 6. The van der Waals surface area contributed by atoms with Crippen LogP contribution < -0.4 is 0 Å². The van der Waals surface area contributed by atoms with E-state index >= 15 is 0 Å². The molecule has 2 heterocycles. The van der Waals surface area contributed by atoms with Crippen LogP contribution >= 0.6 is 0 Å². The van der Waals surface area contributed by atoms with Gasteiger partial charge in [0.25, 0.3) is 0 Å². The smallest absolute Gasteiger partial charge is 0.306 e. The summed E-state index contributed by atoms with van der Waals surface area (Å²) in [5.41, 5.74) is 0. The average Bonchev–Trinajstić information content (AvgIpc) is 3.40. The third kappa shape index (κ3) is 33.6. The Hall–Kier alpha value is -1.50. The van der Waals surface area contributed by atoms with Gasteiger partial charge in [0.1, 0.15) is 61.5 Å². The van der Waals surface area contributed by atoms with Crippen molar-refractivity contribution in [1.82, 2.24) is 0 Å². The normalized spacial score (nSPS) is 24.4. The van der Waals surface area contributed by atoms with E-state index in [0.29, 0.717) is 19.4 Å². The van der Waals surface area contributed by atoms with Crippen molar-refractivity contribution in [2.24, 2.45) is 0 Å². The van der Waals surface area contributed by atoms with Crippen molar-refractivity contribution in [3.05, 3.63) is 0 Å². The molecule has 0 spiro atoms. The minimum Gasteiger partial charge on any atom is -0.463 e. The molecule has 0 saturated carbocycles. The summed E-state index contributed by atoms with van der Waals surface area (Å²) in [6.45, 7) is 5.86. The molecule has 2 aliphatic rings. The van der Waals surface area contributed by atoms with Crippen LogP contribution in [0.4, 0.5) is 0 Å². The maximum atomic E-state index is 13.1. The fraction of sp³-hybridized carbons (Fsp3) is 0.967. The molecule has 2 saturated heterocycles. The Balaban J connectivity index is 1.89. The zero-order valence-corrected chi connectivity index (χ0v) is 47.8. The molecule has 15 nitrogen and oxygen atoms in total. The first kappa shape index (κ1) is 69.6. The number of unbranched alkanes of at least 4 members (excludes halogenated alkanes) is 34. The Morgan fingerprint density at radius 3 is 1.27 bits per heavy atom. The third-order valence-electron chi connectivity index (χ3n) is 15.1. The van der Waals surface area contributed by atoms with E-state index in [1.807, 2.05) is 0 Å². The van der Waals surface area contributed by atoms with Gasteiger partial charge in [-0.25, -0.2) is 0 Å². The van der Waals surface area contributed by atoms with Crippen molar-refractivity contribution in [3.63, 3.8) is 0 Å². The van der Waals surface area contributed by atoms with Crippen molar-refractivity contribution < 1.29 is 73.4 Å². The van der Waals surface area contributed by atoms with E-state index in [-0.39, 0.29) is 32.0 Å². The van der Waals surface area contributed by atoms with Crippen LogP contribution in [0.3, 0.4) is 0 Å². The topological polar surface area (TPSA) is 220 Å². The van der Waals surface area contributed by atoms with Crippen LogP contribution in [0, 0.1) is 0 Å². The van der Waals surface area contributed by atoms with Gasteiger partial charge in [-0.1, -0.05) is 239 Å². The summed E-state index contributed by atoms with van der Waals surface area (Å²) in [5, 5.41) is 65.4. The predicted molar refractivity (Wildman–Crippen MR) is 294 cm³/mol. The average molecular weight is 1080 g/mol. The molecule has 0 radical (unpaired) electrons. The van der Waals surface area contributed by atoms with E-state index in [9.17, 15) is 40.2 Å². The van der Waals surface area contributed by atoms with E-state index in [1.54, 1.807) is 0 Å². The number of carbonyl (C=O) groups excluding carboxylic acids is 2. The molecule has 0 aromatic carbocycles. The summed E-state index contributed by atoms with van der Waals surface area (Å²) >= 11 is 0. The van der Waals surface area contributed by atoms with E-state index < -0.39 is 86.7 Å². The predicted octanol–water partition coefficient (Wildman–Crippen LogP) is 11.4. The minimum atomic E-state index is -1.83. The van der Waals surface area contributed by atoms with Gasteiger partial charge in [0.15, 0.2) is 12.6 Å². The molecule has 0 aromatic rings. The van der Waals surface area contributed by atoms with Gasteiger partial charge in [-0.2, -0.15) is 0 Å². The van der Waals surface area contributed by atoms with E-state index in [0.717, 1.165) is 57.8 Å². The van der Waals surface area contributed by atoms with Gasteiger partial charge in [-0.3, -0.25) is 9.59 Å². The van der Waals surface area contributed by atoms with Crippen molar-refractivity contribution >= 4 is 11.9 Å². The first-order valence-electron chi connectivity index (χ1n) is 31.1. The van der Waals surface area contributed by atoms with Gasteiger partial charge in [0.05, 0.1) is 19.8 Å². The van der Waals surface area contributed by atoms with Crippen molar-refractivity contribution in [2.75, 3.05) is 33.0 Å². The second-order valence-corrected chi connectivity index (χ2v) is 22.0. The molecule has 75 heavy (non-hydrogen) atoms. The molecule has 0 unspecified atom stereocenters. The van der Waals surface area contributed by atoms with Gasteiger partial charge in [0.2, 0.25) is 0 Å². The molecule has 0 aromatic heterocycles. The Bertz CT molecular complexity index is 1310. The summed E-state index contributed by atoms with van der Waals surface area (Å²) in [6, 6.07) is 0. The van der Waals surface area contributed by atoms with Gasteiger partial charge >= 0.3 is 11.9 Å². The highest BCUT2D eigenvalue weighted by molar-refractivity contribution is 5.69. The molecule has 0 amide bonds. The summed E-state index contributed by atoms with van der Waals surface area (Å²) in [4.78, 5) is 25.8.